The van der Waals surface area contributed by atoms with E-state index in [0.29, 0.717) is 28.6 Å². The Morgan fingerprint density at radius 2 is 1.93 bits per heavy atom. The van der Waals surface area contributed by atoms with Gasteiger partial charge >= 0.3 is 0 Å². The first kappa shape index (κ1) is 19.4. The Morgan fingerprint density at radius 1 is 1.18 bits per heavy atom. The molecule has 28 heavy (non-hydrogen) atoms. The topological polar surface area (TPSA) is 134 Å². The number of hydrogen-bond acceptors (Lipinski definition) is 5. The van der Waals surface area contributed by atoms with Crippen molar-refractivity contribution in [1.82, 2.24) is 10.3 Å². The standard InChI is InChI=1S/C18H18N4O5S/c1-3-11-4-6-14(22(24)25)10-17(11)28(26,27)21-13-5-7-15-12(8-13)9-16(20-15)18(23)19-2/h4-10,20-21H,3H2,1-2H3,(H,19,23). The molecule has 1 aromatic heterocycles. The van der Waals surface area contributed by atoms with E-state index >= 15 is 0 Å². The first-order valence-electron chi connectivity index (χ1n) is 8.40. The number of anilines is 1. The molecule has 1 heterocycles. The molecule has 0 atom stereocenters. The van der Waals surface area contributed by atoms with Crippen LogP contribution in [0, 0.1) is 10.1 Å². The second kappa shape index (κ2) is 7.31. The van der Waals surface area contributed by atoms with Gasteiger partial charge in [0.2, 0.25) is 0 Å². The number of non-ortho nitro benzene ring substituents is 1. The second-order valence-corrected chi connectivity index (χ2v) is 7.72. The summed E-state index contributed by atoms with van der Waals surface area (Å²) in [6, 6.07) is 10.2. The zero-order chi connectivity index (χ0) is 20.5. The van der Waals surface area contributed by atoms with E-state index in [0.717, 1.165) is 6.07 Å². The van der Waals surface area contributed by atoms with Gasteiger partial charge in [0.1, 0.15) is 5.69 Å². The summed E-state index contributed by atoms with van der Waals surface area (Å²) in [4.78, 5) is 24.9. The van der Waals surface area contributed by atoms with E-state index < -0.39 is 14.9 Å². The maximum Gasteiger partial charge on any atom is 0.270 e. The van der Waals surface area contributed by atoms with E-state index in [9.17, 15) is 23.3 Å². The van der Waals surface area contributed by atoms with Crippen molar-refractivity contribution in [2.24, 2.45) is 0 Å². The van der Waals surface area contributed by atoms with E-state index in [4.69, 9.17) is 0 Å². The molecular weight excluding hydrogens is 384 g/mol. The molecule has 0 bridgehead atoms. The van der Waals surface area contributed by atoms with E-state index in [2.05, 4.69) is 15.0 Å². The van der Waals surface area contributed by atoms with Crippen molar-refractivity contribution >= 4 is 38.2 Å². The summed E-state index contributed by atoms with van der Waals surface area (Å²) in [6.07, 6.45) is 0.403. The van der Waals surface area contributed by atoms with Crippen LogP contribution in [0.1, 0.15) is 23.0 Å². The quantitative estimate of drug-likeness (QED) is 0.430. The van der Waals surface area contributed by atoms with E-state index in [1.807, 2.05) is 0 Å². The number of benzene rings is 2. The number of rotatable bonds is 6. The van der Waals surface area contributed by atoms with Gasteiger partial charge in [0, 0.05) is 35.8 Å². The number of nitro groups is 1. The molecular formula is C18H18N4O5S. The summed E-state index contributed by atoms with van der Waals surface area (Å²) >= 11 is 0. The van der Waals surface area contributed by atoms with Crippen molar-refractivity contribution < 1.29 is 18.1 Å². The molecule has 0 fully saturated rings. The molecule has 10 heteroatoms. The third kappa shape index (κ3) is 3.67. The van der Waals surface area contributed by atoms with Crippen LogP contribution in [-0.2, 0) is 16.4 Å². The Balaban J connectivity index is 1.99. The first-order valence-corrected chi connectivity index (χ1v) is 9.88. The molecule has 0 aliphatic rings. The Hall–Kier alpha value is -3.40. The fourth-order valence-corrected chi connectivity index (χ4v) is 4.24. The highest BCUT2D eigenvalue weighted by Crippen LogP contribution is 2.27. The molecule has 0 spiro atoms. The van der Waals surface area contributed by atoms with Crippen molar-refractivity contribution in [3.8, 4) is 0 Å². The average Bonchev–Trinajstić information content (AvgIpc) is 3.09. The summed E-state index contributed by atoms with van der Waals surface area (Å²) in [6.45, 7) is 1.77. The van der Waals surface area contributed by atoms with Gasteiger partial charge in [-0.05, 0) is 36.2 Å². The Bertz CT molecular complexity index is 1180. The van der Waals surface area contributed by atoms with Gasteiger partial charge in [-0.2, -0.15) is 0 Å². The van der Waals surface area contributed by atoms with E-state index in [-0.39, 0.29) is 22.2 Å². The fourth-order valence-electron chi connectivity index (χ4n) is 2.86. The number of carbonyl (C=O) groups is 1. The summed E-state index contributed by atoms with van der Waals surface area (Å²) in [5.41, 5.74) is 1.48. The zero-order valence-corrected chi connectivity index (χ0v) is 16.0. The minimum absolute atomic E-state index is 0.135. The number of nitrogens with one attached hydrogen (secondary N) is 3. The van der Waals surface area contributed by atoms with Gasteiger partial charge in [-0.1, -0.05) is 13.0 Å². The second-order valence-electron chi connectivity index (χ2n) is 6.07. The molecule has 0 aliphatic carbocycles. The maximum absolute atomic E-state index is 12.8. The molecule has 0 aliphatic heterocycles. The lowest BCUT2D eigenvalue weighted by molar-refractivity contribution is -0.385. The zero-order valence-electron chi connectivity index (χ0n) is 15.1. The number of aromatic amines is 1. The Kier molecular flexibility index (Phi) is 5.06. The number of nitrogens with zero attached hydrogens (tertiary/aromatic N) is 1. The molecule has 9 nitrogen and oxygen atoms in total. The van der Waals surface area contributed by atoms with Crippen molar-refractivity contribution in [2.45, 2.75) is 18.2 Å². The molecule has 3 aromatic rings. The van der Waals surface area contributed by atoms with Gasteiger partial charge in [0.15, 0.2) is 0 Å². The van der Waals surface area contributed by atoms with Crippen LogP contribution in [-0.4, -0.2) is 31.3 Å². The fraction of sp³-hybridized carbons (Fsp3) is 0.167. The largest absolute Gasteiger partial charge is 0.354 e. The normalized spacial score (nSPS) is 11.4. The molecule has 0 saturated carbocycles. The molecule has 0 saturated heterocycles. The summed E-state index contributed by atoms with van der Waals surface area (Å²) < 4.78 is 28.1. The Morgan fingerprint density at radius 3 is 2.57 bits per heavy atom. The summed E-state index contributed by atoms with van der Waals surface area (Å²) in [5.74, 6) is -0.289. The first-order chi connectivity index (χ1) is 13.2. The average molecular weight is 402 g/mol. The van der Waals surface area contributed by atoms with Gasteiger partial charge in [0.25, 0.3) is 21.6 Å². The van der Waals surface area contributed by atoms with E-state index in [1.54, 1.807) is 31.2 Å². The highest BCUT2D eigenvalue weighted by Gasteiger charge is 2.22. The lowest BCUT2D eigenvalue weighted by Gasteiger charge is -2.11. The van der Waals surface area contributed by atoms with Crippen molar-refractivity contribution in [3.05, 3.63) is 63.8 Å². The summed E-state index contributed by atoms with van der Waals surface area (Å²) in [7, 11) is -2.53. The molecule has 3 rings (SSSR count). The minimum Gasteiger partial charge on any atom is -0.354 e. The molecule has 146 valence electrons. The molecule has 3 N–H and O–H groups in total. The number of aryl methyl sites for hydroxylation is 1. The third-order valence-corrected chi connectivity index (χ3v) is 5.74. The van der Waals surface area contributed by atoms with Crippen LogP contribution in [0.25, 0.3) is 10.9 Å². The number of aromatic nitrogens is 1. The van der Waals surface area contributed by atoms with Gasteiger partial charge in [-0.3, -0.25) is 19.6 Å². The minimum atomic E-state index is -4.04. The highest BCUT2D eigenvalue weighted by molar-refractivity contribution is 7.92. The van der Waals surface area contributed by atoms with Crippen molar-refractivity contribution in [2.75, 3.05) is 11.8 Å². The number of carbonyl (C=O) groups excluding carboxylic acids is 1. The highest BCUT2D eigenvalue weighted by atomic mass is 32.2. The monoisotopic (exact) mass is 402 g/mol. The molecule has 0 radical (unpaired) electrons. The number of sulfonamides is 1. The van der Waals surface area contributed by atoms with Crippen molar-refractivity contribution in [1.29, 1.82) is 0 Å². The van der Waals surface area contributed by atoms with E-state index in [1.165, 1.54) is 19.2 Å². The molecule has 2 aromatic carbocycles. The van der Waals surface area contributed by atoms with Gasteiger partial charge in [-0.15, -0.1) is 0 Å². The summed E-state index contributed by atoms with van der Waals surface area (Å²) in [5, 5.41) is 14.2. The van der Waals surface area contributed by atoms with Crippen LogP contribution < -0.4 is 10.0 Å². The van der Waals surface area contributed by atoms with Gasteiger partial charge < -0.3 is 10.3 Å². The lowest BCUT2D eigenvalue weighted by Crippen LogP contribution is -2.17. The van der Waals surface area contributed by atoms with Crippen LogP contribution in [0.4, 0.5) is 11.4 Å². The molecule has 1 amide bonds. The Labute approximate surface area is 161 Å². The van der Waals surface area contributed by atoms with Crippen LogP contribution in [0.15, 0.2) is 47.4 Å². The van der Waals surface area contributed by atoms with Crippen LogP contribution in [0.5, 0.6) is 0 Å². The SMILES string of the molecule is CCc1ccc([N+](=O)[O-])cc1S(=O)(=O)Nc1ccc2[nH]c(C(=O)NC)cc2c1. The third-order valence-electron chi connectivity index (χ3n) is 4.28. The predicted octanol–water partition coefficient (Wildman–Crippen LogP) is 2.80. The number of fused-ring (bicyclic) bond motifs is 1. The number of amides is 1. The van der Waals surface area contributed by atoms with Gasteiger partial charge in [0.05, 0.1) is 9.82 Å². The predicted molar refractivity (Wildman–Crippen MR) is 105 cm³/mol. The number of hydrogen-bond donors (Lipinski definition) is 3. The van der Waals surface area contributed by atoms with Crippen molar-refractivity contribution in [3.63, 3.8) is 0 Å². The smallest absolute Gasteiger partial charge is 0.270 e. The number of H-pyrrole nitrogens is 1. The van der Waals surface area contributed by atoms with Crippen LogP contribution >= 0.6 is 0 Å². The maximum atomic E-state index is 12.8. The van der Waals surface area contributed by atoms with Crippen LogP contribution in [0.2, 0.25) is 0 Å². The van der Waals surface area contributed by atoms with Crippen LogP contribution in [0.3, 0.4) is 0 Å². The number of nitro benzene ring substituents is 1. The molecule has 0 unspecified atom stereocenters. The van der Waals surface area contributed by atoms with Gasteiger partial charge in [-0.25, -0.2) is 8.42 Å². The lowest BCUT2D eigenvalue weighted by atomic mass is 10.1.